The van der Waals surface area contributed by atoms with E-state index in [1.54, 1.807) is 24.3 Å². The molecule has 0 aromatic heterocycles. The SMILES string of the molecule is COC(=O)C(NCC(O)c1ccc(C#N)cc1)C(C)(C)C. The van der Waals surface area contributed by atoms with Crippen LogP contribution in [0.15, 0.2) is 24.3 Å². The van der Waals surface area contributed by atoms with Crippen molar-refractivity contribution in [3.63, 3.8) is 0 Å². The number of nitrogens with zero attached hydrogens (tertiary/aromatic N) is 1. The minimum Gasteiger partial charge on any atom is -0.468 e. The summed E-state index contributed by atoms with van der Waals surface area (Å²) in [6.07, 6.45) is -0.757. The minimum atomic E-state index is -0.757. The lowest BCUT2D eigenvalue weighted by atomic mass is 9.86. The van der Waals surface area contributed by atoms with Gasteiger partial charge in [0.1, 0.15) is 6.04 Å². The summed E-state index contributed by atoms with van der Waals surface area (Å²) in [5, 5.41) is 21.9. The highest BCUT2D eigenvalue weighted by Gasteiger charge is 2.32. The zero-order chi connectivity index (χ0) is 16.0. The molecule has 0 saturated carbocycles. The molecule has 0 fully saturated rings. The van der Waals surface area contributed by atoms with E-state index in [2.05, 4.69) is 5.32 Å². The van der Waals surface area contributed by atoms with Crippen LogP contribution in [0.25, 0.3) is 0 Å². The summed E-state index contributed by atoms with van der Waals surface area (Å²) in [7, 11) is 1.35. The topological polar surface area (TPSA) is 82.3 Å². The molecule has 0 aliphatic rings. The van der Waals surface area contributed by atoms with Crippen LogP contribution in [0.5, 0.6) is 0 Å². The number of hydrogen-bond donors (Lipinski definition) is 2. The molecular formula is C16H22N2O3. The first-order valence-corrected chi connectivity index (χ1v) is 6.79. The highest BCUT2D eigenvalue weighted by molar-refractivity contribution is 5.76. The van der Waals surface area contributed by atoms with Crippen molar-refractivity contribution in [2.45, 2.75) is 32.9 Å². The third kappa shape index (κ3) is 4.85. The summed E-state index contributed by atoms with van der Waals surface area (Å²) in [5.74, 6) is -0.352. The Morgan fingerprint density at radius 1 is 1.38 bits per heavy atom. The molecule has 5 nitrogen and oxygen atoms in total. The highest BCUT2D eigenvalue weighted by atomic mass is 16.5. The van der Waals surface area contributed by atoms with Crippen molar-refractivity contribution < 1.29 is 14.6 Å². The molecule has 0 aliphatic heterocycles. The number of nitrogens with one attached hydrogen (secondary N) is 1. The van der Waals surface area contributed by atoms with E-state index in [1.165, 1.54) is 7.11 Å². The second kappa shape index (κ2) is 7.21. The van der Waals surface area contributed by atoms with E-state index in [1.807, 2.05) is 26.8 Å². The zero-order valence-corrected chi connectivity index (χ0v) is 12.9. The summed E-state index contributed by atoms with van der Waals surface area (Å²) in [6.45, 7) is 6.00. The number of nitriles is 1. The average Bonchev–Trinajstić information content (AvgIpc) is 2.45. The molecule has 0 spiro atoms. The van der Waals surface area contributed by atoms with Gasteiger partial charge in [-0.1, -0.05) is 32.9 Å². The third-order valence-electron chi connectivity index (χ3n) is 3.24. The number of aliphatic hydroxyl groups is 1. The number of ether oxygens (including phenoxy) is 1. The Morgan fingerprint density at radius 2 is 1.95 bits per heavy atom. The summed E-state index contributed by atoms with van der Waals surface area (Å²) >= 11 is 0. The molecule has 0 amide bonds. The number of methoxy groups -OCH3 is 1. The van der Waals surface area contributed by atoms with Crippen molar-refractivity contribution in [1.82, 2.24) is 5.32 Å². The van der Waals surface area contributed by atoms with E-state index in [0.717, 1.165) is 0 Å². The standard InChI is InChI=1S/C16H22N2O3/c1-16(2,3)14(15(20)21-4)18-10-13(19)12-7-5-11(9-17)6-8-12/h5-8,13-14,18-19H,10H2,1-4H3. The first-order valence-electron chi connectivity index (χ1n) is 6.79. The van der Waals surface area contributed by atoms with E-state index >= 15 is 0 Å². The second-order valence-electron chi connectivity index (χ2n) is 5.98. The maximum Gasteiger partial charge on any atom is 0.323 e. The fraction of sp³-hybridized carbons (Fsp3) is 0.500. The van der Waals surface area contributed by atoms with Crippen LogP contribution in [0.3, 0.4) is 0 Å². The third-order valence-corrected chi connectivity index (χ3v) is 3.24. The lowest BCUT2D eigenvalue weighted by Gasteiger charge is -2.30. The van der Waals surface area contributed by atoms with Crippen LogP contribution in [0.2, 0.25) is 0 Å². The lowest BCUT2D eigenvalue weighted by molar-refractivity contribution is -0.146. The van der Waals surface area contributed by atoms with Crippen LogP contribution in [0, 0.1) is 16.7 Å². The van der Waals surface area contributed by atoms with Crippen LogP contribution in [0.4, 0.5) is 0 Å². The largest absolute Gasteiger partial charge is 0.468 e. The molecule has 1 aromatic carbocycles. The van der Waals surface area contributed by atoms with Crippen molar-refractivity contribution in [2.75, 3.05) is 13.7 Å². The Morgan fingerprint density at radius 3 is 2.38 bits per heavy atom. The summed E-state index contributed by atoms with van der Waals surface area (Å²) in [5.41, 5.74) is 0.914. The van der Waals surface area contributed by atoms with Crippen LogP contribution in [-0.4, -0.2) is 30.8 Å². The molecule has 5 heteroatoms. The van der Waals surface area contributed by atoms with Crippen molar-refractivity contribution in [3.05, 3.63) is 35.4 Å². The van der Waals surface area contributed by atoms with Gasteiger partial charge in [0.05, 0.1) is 24.8 Å². The van der Waals surface area contributed by atoms with Gasteiger partial charge >= 0.3 is 5.97 Å². The zero-order valence-electron chi connectivity index (χ0n) is 12.9. The van der Waals surface area contributed by atoms with Crippen LogP contribution < -0.4 is 5.32 Å². The van der Waals surface area contributed by atoms with Gasteiger partial charge in [-0.2, -0.15) is 5.26 Å². The normalized spacial score (nSPS) is 14.1. The van der Waals surface area contributed by atoms with Gasteiger partial charge in [0.2, 0.25) is 0 Å². The predicted molar refractivity (Wildman–Crippen MR) is 79.4 cm³/mol. The van der Waals surface area contributed by atoms with Gasteiger partial charge in [-0.25, -0.2) is 0 Å². The van der Waals surface area contributed by atoms with E-state index in [-0.39, 0.29) is 17.9 Å². The van der Waals surface area contributed by atoms with Crippen LogP contribution in [-0.2, 0) is 9.53 Å². The Balaban J connectivity index is 2.71. The number of esters is 1. The summed E-state index contributed by atoms with van der Waals surface area (Å²) < 4.78 is 4.79. The summed E-state index contributed by atoms with van der Waals surface area (Å²) in [4.78, 5) is 11.8. The number of carbonyl (C=O) groups excluding carboxylic acids is 1. The van der Waals surface area contributed by atoms with Crippen molar-refractivity contribution >= 4 is 5.97 Å². The van der Waals surface area contributed by atoms with Gasteiger partial charge < -0.3 is 15.2 Å². The molecule has 2 N–H and O–H groups in total. The number of aliphatic hydroxyl groups excluding tert-OH is 1. The Bertz CT molecular complexity index is 512. The smallest absolute Gasteiger partial charge is 0.323 e. The molecule has 114 valence electrons. The van der Waals surface area contributed by atoms with Gasteiger partial charge in [0, 0.05) is 6.54 Å². The molecule has 0 radical (unpaired) electrons. The second-order valence-corrected chi connectivity index (χ2v) is 5.98. The van der Waals surface area contributed by atoms with E-state index in [0.29, 0.717) is 11.1 Å². The van der Waals surface area contributed by atoms with Crippen LogP contribution >= 0.6 is 0 Å². The molecule has 0 bridgehead atoms. The van der Waals surface area contributed by atoms with Gasteiger partial charge in [-0.15, -0.1) is 0 Å². The molecule has 0 saturated heterocycles. The number of carbonyl (C=O) groups is 1. The predicted octanol–water partition coefficient (Wildman–Crippen LogP) is 1.77. The van der Waals surface area contributed by atoms with Gasteiger partial charge in [0.25, 0.3) is 0 Å². The Labute approximate surface area is 125 Å². The number of hydrogen-bond acceptors (Lipinski definition) is 5. The quantitative estimate of drug-likeness (QED) is 0.808. The molecule has 21 heavy (non-hydrogen) atoms. The number of rotatable bonds is 5. The molecule has 0 heterocycles. The minimum absolute atomic E-state index is 0.225. The molecule has 1 aromatic rings. The van der Waals surface area contributed by atoms with Gasteiger partial charge in [0.15, 0.2) is 0 Å². The van der Waals surface area contributed by atoms with Crippen molar-refractivity contribution in [2.24, 2.45) is 5.41 Å². The van der Waals surface area contributed by atoms with E-state index < -0.39 is 12.1 Å². The molecule has 2 unspecified atom stereocenters. The Kier molecular flexibility index (Phi) is 5.89. The number of benzene rings is 1. The average molecular weight is 290 g/mol. The van der Waals surface area contributed by atoms with E-state index in [4.69, 9.17) is 10.00 Å². The van der Waals surface area contributed by atoms with Crippen LogP contribution in [0.1, 0.15) is 38.0 Å². The molecule has 2 atom stereocenters. The van der Waals surface area contributed by atoms with Crippen molar-refractivity contribution in [1.29, 1.82) is 5.26 Å². The van der Waals surface area contributed by atoms with E-state index in [9.17, 15) is 9.90 Å². The highest BCUT2D eigenvalue weighted by Crippen LogP contribution is 2.21. The van der Waals surface area contributed by atoms with Gasteiger partial charge in [-0.3, -0.25) is 4.79 Å². The first-order chi connectivity index (χ1) is 9.79. The molecular weight excluding hydrogens is 268 g/mol. The molecule has 0 aliphatic carbocycles. The Hall–Kier alpha value is -1.90. The maximum absolute atomic E-state index is 11.8. The first kappa shape index (κ1) is 17.2. The summed E-state index contributed by atoms with van der Waals surface area (Å²) in [6, 6.07) is 8.24. The lowest BCUT2D eigenvalue weighted by Crippen LogP contribution is -2.48. The van der Waals surface area contributed by atoms with Gasteiger partial charge in [-0.05, 0) is 23.1 Å². The fourth-order valence-electron chi connectivity index (χ4n) is 1.99. The molecule has 1 rings (SSSR count). The fourth-order valence-corrected chi connectivity index (χ4v) is 1.99. The monoisotopic (exact) mass is 290 g/mol. The maximum atomic E-state index is 11.8. The van der Waals surface area contributed by atoms with Crippen molar-refractivity contribution in [3.8, 4) is 6.07 Å².